The van der Waals surface area contributed by atoms with Crippen LogP contribution < -0.4 is 5.32 Å². The first-order chi connectivity index (χ1) is 10.6. The van der Waals surface area contributed by atoms with Gasteiger partial charge >= 0.3 is 0 Å². The number of anilines is 1. The predicted octanol–water partition coefficient (Wildman–Crippen LogP) is 2.45. The monoisotopic (exact) mass is 320 g/mol. The van der Waals surface area contributed by atoms with Gasteiger partial charge in [-0.3, -0.25) is 9.69 Å². The number of carbonyl (C=O) groups excluding carboxylic acids is 1. The van der Waals surface area contributed by atoms with Gasteiger partial charge in [0.05, 0.1) is 23.6 Å². The van der Waals surface area contributed by atoms with Crippen LogP contribution in [0.3, 0.4) is 0 Å². The van der Waals surface area contributed by atoms with Crippen LogP contribution in [-0.4, -0.2) is 42.2 Å². The van der Waals surface area contributed by atoms with E-state index >= 15 is 0 Å². The Bertz CT molecular complexity index is 657. The number of piperidine rings is 1. The standard InChI is InChI=1S/C15H20N4O2S/c1-15(10-20)6-3-7-19(9-15)8-13(21)16-11-4-2-5-12-14(11)18-22-17-12/h2,4-5,20H,3,6-10H2,1H3,(H,16,21). The van der Waals surface area contributed by atoms with E-state index in [2.05, 4.69) is 25.9 Å². The third-order valence-corrected chi connectivity index (χ3v) is 4.71. The lowest BCUT2D eigenvalue weighted by Gasteiger charge is -2.38. The molecule has 3 rings (SSSR count). The molecule has 0 saturated carbocycles. The van der Waals surface area contributed by atoms with E-state index in [9.17, 15) is 9.90 Å². The van der Waals surface area contributed by atoms with Crippen molar-refractivity contribution in [2.24, 2.45) is 14.1 Å². The summed E-state index contributed by atoms with van der Waals surface area (Å²) >= 11 is 1.14. The Hall–Kier alpha value is -1.57. The zero-order valence-electron chi connectivity index (χ0n) is 12.6. The van der Waals surface area contributed by atoms with Gasteiger partial charge in [-0.15, -0.1) is 0 Å². The van der Waals surface area contributed by atoms with Crippen LogP contribution in [0.4, 0.5) is 17.1 Å². The molecule has 0 aliphatic carbocycles. The van der Waals surface area contributed by atoms with E-state index in [1.807, 2.05) is 18.2 Å². The molecule has 118 valence electrons. The third kappa shape index (κ3) is 3.26. The molecule has 6 nitrogen and oxygen atoms in total. The van der Waals surface area contributed by atoms with Gasteiger partial charge in [0, 0.05) is 18.6 Å². The summed E-state index contributed by atoms with van der Waals surface area (Å²) in [4.78, 5) is 14.4. The maximum atomic E-state index is 12.3. The van der Waals surface area contributed by atoms with Gasteiger partial charge in [-0.05, 0) is 31.5 Å². The van der Waals surface area contributed by atoms with Gasteiger partial charge < -0.3 is 10.4 Å². The van der Waals surface area contributed by atoms with Crippen LogP contribution in [0.1, 0.15) is 19.8 Å². The first-order valence-electron chi connectivity index (χ1n) is 7.44. The molecule has 1 saturated heterocycles. The first kappa shape index (κ1) is 15.3. The molecule has 1 aromatic carbocycles. The molecule has 1 unspecified atom stereocenters. The fraction of sp³-hybridized carbons (Fsp3) is 0.533. The number of aliphatic hydroxyl groups is 1. The Morgan fingerprint density at radius 3 is 3.18 bits per heavy atom. The van der Waals surface area contributed by atoms with Crippen LogP contribution in [0.5, 0.6) is 0 Å². The molecular formula is C15H20N4O2S. The van der Waals surface area contributed by atoms with E-state index in [-0.39, 0.29) is 17.9 Å². The summed E-state index contributed by atoms with van der Waals surface area (Å²) in [6, 6.07) is 5.59. The van der Waals surface area contributed by atoms with Crippen molar-refractivity contribution in [1.29, 1.82) is 0 Å². The summed E-state index contributed by atoms with van der Waals surface area (Å²) < 4.78 is 8.40. The van der Waals surface area contributed by atoms with Crippen LogP contribution >= 0.6 is 0 Å². The molecule has 0 spiro atoms. The second-order valence-electron chi connectivity index (χ2n) is 6.27. The van der Waals surface area contributed by atoms with E-state index < -0.39 is 0 Å². The summed E-state index contributed by atoms with van der Waals surface area (Å²) in [5.74, 6) is -0.0531. The lowest BCUT2D eigenvalue weighted by molar-refractivity contribution is -0.118. The maximum Gasteiger partial charge on any atom is 0.238 e. The highest BCUT2D eigenvalue weighted by Crippen LogP contribution is 2.38. The molecule has 0 radical (unpaired) electrons. The van der Waals surface area contributed by atoms with Crippen molar-refractivity contribution >= 4 is 34.3 Å². The zero-order chi connectivity index (χ0) is 15.6. The lowest BCUT2D eigenvalue weighted by atomic mass is 9.83. The van der Waals surface area contributed by atoms with Crippen LogP contribution in [0.2, 0.25) is 0 Å². The average molecular weight is 320 g/mol. The summed E-state index contributed by atoms with van der Waals surface area (Å²) in [6.07, 6.45) is 2.02. The molecule has 0 bridgehead atoms. The van der Waals surface area contributed by atoms with Crippen molar-refractivity contribution in [1.82, 2.24) is 4.90 Å². The van der Waals surface area contributed by atoms with Crippen molar-refractivity contribution in [3.63, 3.8) is 0 Å². The van der Waals surface area contributed by atoms with E-state index in [4.69, 9.17) is 0 Å². The highest BCUT2D eigenvalue weighted by molar-refractivity contribution is 7.58. The van der Waals surface area contributed by atoms with Crippen molar-refractivity contribution in [3.8, 4) is 0 Å². The van der Waals surface area contributed by atoms with Gasteiger partial charge in [0.1, 0.15) is 11.4 Å². The largest absolute Gasteiger partial charge is 0.396 e. The van der Waals surface area contributed by atoms with Crippen molar-refractivity contribution in [2.75, 3.05) is 31.6 Å². The van der Waals surface area contributed by atoms with Crippen molar-refractivity contribution < 1.29 is 9.90 Å². The number of nitrogens with zero attached hydrogens (tertiary/aromatic N) is 3. The Balaban J connectivity index is 1.62. The molecule has 2 aliphatic rings. The molecule has 7 heteroatoms. The Labute approximate surface area is 133 Å². The summed E-state index contributed by atoms with van der Waals surface area (Å²) in [7, 11) is 0. The predicted molar refractivity (Wildman–Crippen MR) is 87.5 cm³/mol. The maximum absolute atomic E-state index is 12.3. The smallest absolute Gasteiger partial charge is 0.238 e. The molecule has 22 heavy (non-hydrogen) atoms. The van der Waals surface area contributed by atoms with Crippen LogP contribution in [0.25, 0.3) is 0 Å². The molecule has 1 atom stereocenters. The second kappa shape index (κ2) is 6.28. The molecule has 2 heterocycles. The Morgan fingerprint density at radius 2 is 2.36 bits per heavy atom. The van der Waals surface area contributed by atoms with Gasteiger partial charge in [0.25, 0.3) is 0 Å². The minimum absolute atomic E-state index is 0.0531. The zero-order valence-corrected chi connectivity index (χ0v) is 13.4. The topological polar surface area (TPSA) is 77.3 Å². The van der Waals surface area contributed by atoms with Crippen LogP contribution in [0.15, 0.2) is 26.9 Å². The SMILES string of the molecule is CC1(CO)CCCN(CC(=O)Nc2cccc3c2N=S=N3)C1. The van der Waals surface area contributed by atoms with Gasteiger partial charge in [0.15, 0.2) is 0 Å². The second-order valence-corrected chi connectivity index (χ2v) is 6.80. The normalized spacial score (nSPS) is 23.9. The van der Waals surface area contributed by atoms with Crippen molar-refractivity contribution in [3.05, 3.63) is 18.2 Å². The third-order valence-electron chi connectivity index (χ3n) is 4.17. The minimum Gasteiger partial charge on any atom is -0.396 e. The van der Waals surface area contributed by atoms with E-state index in [1.165, 1.54) is 0 Å². The molecular weight excluding hydrogens is 300 g/mol. The van der Waals surface area contributed by atoms with E-state index in [0.717, 1.165) is 48.7 Å². The number of aliphatic hydroxyl groups excluding tert-OH is 1. The number of benzene rings is 1. The van der Waals surface area contributed by atoms with Gasteiger partial charge in [-0.25, -0.2) is 0 Å². The molecule has 2 N–H and O–H groups in total. The molecule has 0 aromatic heterocycles. The highest BCUT2D eigenvalue weighted by Gasteiger charge is 2.31. The van der Waals surface area contributed by atoms with Crippen LogP contribution in [-0.2, 0) is 16.1 Å². The Kier molecular flexibility index (Phi) is 4.37. The average Bonchev–Trinajstić information content (AvgIpc) is 2.97. The van der Waals surface area contributed by atoms with Gasteiger partial charge in [-0.2, -0.15) is 8.73 Å². The molecule has 2 aliphatic heterocycles. The summed E-state index contributed by atoms with van der Waals surface area (Å²) in [5.41, 5.74) is 2.14. The van der Waals surface area contributed by atoms with Gasteiger partial charge in [-0.1, -0.05) is 13.0 Å². The Morgan fingerprint density at radius 1 is 1.50 bits per heavy atom. The number of hydrogen-bond acceptors (Lipinski definition) is 5. The number of amides is 1. The number of fused-ring (bicyclic) bond motifs is 1. The first-order valence-corrected chi connectivity index (χ1v) is 8.17. The summed E-state index contributed by atoms with van der Waals surface area (Å²) in [5, 5.41) is 12.4. The van der Waals surface area contributed by atoms with Crippen molar-refractivity contribution in [2.45, 2.75) is 19.8 Å². The number of hydrogen-bond donors (Lipinski definition) is 2. The molecule has 1 aromatic rings. The fourth-order valence-corrected chi connectivity index (χ4v) is 3.54. The lowest BCUT2D eigenvalue weighted by Crippen LogP contribution is -2.46. The minimum atomic E-state index is -0.0998. The number of rotatable bonds is 4. The fourth-order valence-electron chi connectivity index (χ4n) is 2.99. The highest BCUT2D eigenvalue weighted by atomic mass is 32.1. The number of likely N-dealkylation sites (tertiary alicyclic amines) is 1. The molecule has 1 amide bonds. The molecule has 1 fully saturated rings. The number of carbonyl (C=O) groups is 1. The van der Waals surface area contributed by atoms with Crippen LogP contribution in [0, 0.1) is 5.41 Å². The number of nitrogens with one attached hydrogen (secondary N) is 1. The van der Waals surface area contributed by atoms with E-state index in [0.29, 0.717) is 12.2 Å². The summed E-state index contributed by atoms with van der Waals surface area (Å²) in [6.45, 7) is 4.21. The van der Waals surface area contributed by atoms with Gasteiger partial charge in [0.2, 0.25) is 5.91 Å². The van der Waals surface area contributed by atoms with E-state index in [1.54, 1.807) is 0 Å². The quantitative estimate of drug-likeness (QED) is 0.908.